The highest BCUT2D eigenvalue weighted by Crippen LogP contribution is 2.11. The van der Waals surface area contributed by atoms with Crippen molar-refractivity contribution in [2.24, 2.45) is 0 Å². The molecule has 2 aromatic rings. The van der Waals surface area contributed by atoms with Crippen molar-refractivity contribution in [3.8, 4) is 0 Å². The highest BCUT2D eigenvalue weighted by Gasteiger charge is 2.17. The number of hydrogen-bond acceptors (Lipinski definition) is 2. The van der Waals surface area contributed by atoms with Crippen molar-refractivity contribution in [3.63, 3.8) is 0 Å². The van der Waals surface area contributed by atoms with E-state index < -0.39 is 0 Å². The monoisotopic (exact) mass is 374 g/mol. The molecule has 3 N–H and O–H groups in total. The molecule has 26 heavy (non-hydrogen) atoms. The van der Waals surface area contributed by atoms with E-state index in [1.165, 1.54) is 4.90 Å². The molecule has 138 valence electrons. The van der Waals surface area contributed by atoms with Gasteiger partial charge in [0, 0.05) is 23.6 Å². The lowest BCUT2D eigenvalue weighted by atomic mass is 10.1. The lowest BCUT2D eigenvalue weighted by molar-refractivity contribution is -0.860. The second-order valence-corrected chi connectivity index (χ2v) is 6.89. The largest absolute Gasteiger partial charge is 0.352 e. The zero-order valence-electron chi connectivity index (χ0n) is 15.1. The molecule has 0 unspecified atom stereocenters. The van der Waals surface area contributed by atoms with Crippen LogP contribution in [-0.4, -0.2) is 39.0 Å². The van der Waals surface area contributed by atoms with Gasteiger partial charge < -0.3 is 15.5 Å². The van der Waals surface area contributed by atoms with Crippen LogP contribution in [0.3, 0.4) is 0 Å². The second kappa shape index (κ2) is 9.94. The van der Waals surface area contributed by atoms with Crippen molar-refractivity contribution >= 4 is 23.4 Å². The SMILES string of the molecule is C[NH+](C)C[C@@H](NC(=O)CCNC(=O)c1ccc(Cl)cc1)c1ccccc1. The molecule has 0 saturated carbocycles. The first-order valence-corrected chi connectivity index (χ1v) is 9.00. The predicted molar refractivity (Wildman–Crippen MR) is 103 cm³/mol. The Bertz CT molecular complexity index is 718. The number of hydrogen-bond donors (Lipinski definition) is 3. The van der Waals surface area contributed by atoms with Crippen LogP contribution in [0.5, 0.6) is 0 Å². The number of quaternary nitrogens is 1. The molecule has 0 aliphatic rings. The molecule has 0 spiro atoms. The second-order valence-electron chi connectivity index (χ2n) is 6.45. The lowest BCUT2D eigenvalue weighted by Crippen LogP contribution is -3.06. The van der Waals surface area contributed by atoms with E-state index in [1.807, 2.05) is 30.3 Å². The molecule has 0 fully saturated rings. The fourth-order valence-electron chi connectivity index (χ4n) is 2.61. The molecule has 2 aromatic carbocycles. The van der Waals surface area contributed by atoms with E-state index in [1.54, 1.807) is 24.3 Å². The number of nitrogens with one attached hydrogen (secondary N) is 3. The highest BCUT2D eigenvalue weighted by molar-refractivity contribution is 6.30. The Balaban J connectivity index is 1.84. The van der Waals surface area contributed by atoms with Crippen LogP contribution in [0.1, 0.15) is 28.4 Å². The van der Waals surface area contributed by atoms with Gasteiger partial charge in [0.2, 0.25) is 5.91 Å². The van der Waals surface area contributed by atoms with Crippen molar-refractivity contribution in [2.45, 2.75) is 12.5 Å². The van der Waals surface area contributed by atoms with Crippen molar-refractivity contribution in [1.29, 1.82) is 0 Å². The summed E-state index contributed by atoms with van der Waals surface area (Å²) in [5.74, 6) is -0.302. The average Bonchev–Trinajstić information content (AvgIpc) is 2.62. The summed E-state index contributed by atoms with van der Waals surface area (Å²) in [5, 5.41) is 6.39. The number of carbonyl (C=O) groups is 2. The van der Waals surface area contributed by atoms with Crippen LogP contribution in [-0.2, 0) is 4.79 Å². The van der Waals surface area contributed by atoms with Crippen LogP contribution in [0.25, 0.3) is 0 Å². The topological polar surface area (TPSA) is 62.6 Å². The molecule has 2 rings (SSSR count). The molecule has 0 heterocycles. The van der Waals surface area contributed by atoms with Crippen molar-refractivity contribution in [1.82, 2.24) is 10.6 Å². The first-order valence-electron chi connectivity index (χ1n) is 8.63. The van der Waals surface area contributed by atoms with E-state index in [0.29, 0.717) is 10.6 Å². The van der Waals surface area contributed by atoms with Gasteiger partial charge >= 0.3 is 0 Å². The Morgan fingerprint density at radius 1 is 1.04 bits per heavy atom. The van der Waals surface area contributed by atoms with E-state index in [-0.39, 0.29) is 30.8 Å². The van der Waals surface area contributed by atoms with E-state index >= 15 is 0 Å². The van der Waals surface area contributed by atoms with Crippen molar-refractivity contribution in [2.75, 3.05) is 27.2 Å². The van der Waals surface area contributed by atoms with E-state index in [2.05, 4.69) is 24.7 Å². The Morgan fingerprint density at radius 2 is 1.69 bits per heavy atom. The third-order valence-corrected chi connectivity index (χ3v) is 4.15. The van der Waals surface area contributed by atoms with Crippen LogP contribution in [0.15, 0.2) is 54.6 Å². The van der Waals surface area contributed by atoms with Crippen molar-refractivity contribution in [3.05, 3.63) is 70.7 Å². The molecular formula is C20H25ClN3O2+. The first kappa shape index (κ1) is 19.9. The third kappa shape index (κ3) is 6.50. The van der Waals surface area contributed by atoms with Gasteiger partial charge in [-0.15, -0.1) is 0 Å². The summed E-state index contributed by atoms with van der Waals surface area (Å²) in [5.41, 5.74) is 1.60. The Labute approximate surface area is 159 Å². The Kier molecular flexibility index (Phi) is 7.63. The lowest BCUT2D eigenvalue weighted by Gasteiger charge is -2.21. The van der Waals surface area contributed by atoms with Crippen LogP contribution < -0.4 is 15.5 Å². The number of carbonyl (C=O) groups excluding carboxylic acids is 2. The predicted octanol–water partition coefficient (Wildman–Crippen LogP) is 1.46. The molecule has 1 atom stereocenters. The maximum atomic E-state index is 12.3. The minimum Gasteiger partial charge on any atom is -0.352 e. The average molecular weight is 375 g/mol. The number of likely N-dealkylation sites (N-methyl/N-ethyl adjacent to an activating group) is 1. The molecular weight excluding hydrogens is 350 g/mol. The molecule has 2 amide bonds. The van der Waals surface area contributed by atoms with Gasteiger partial charge in [-0.2, -0.15) is 0 Å². The molecule has 0 bridgehead atoms. The quantitative estimate of drug-likeness (QED) is 0.655. The fraction of sp³-hybridized carbons (Fsp3) is 0.300. The maximum Gasteiger partial charge on any atom is 0.251 e. The van der Waals surface area contributed by atoms with Gasteiger partial charge in [0.1, 0.15) is 12.6 Å². The molecule has 0 saturated heterocycles. The molecule has 6 heteroatoms. The smallest absolute Gasteiger partial charge is 0.251 e. The van der Waals surface area contributed by atoms with Gasteiger partial charge in [0.25, 0.3) is 5.91 Å². The number of benzene rings is 2. The van der Waals surface area contributed by atoms with E-state index in [4.69, 9.17) is 11.6 Å². The van der Waals surface area contributed by atoms with E-state index in [9.17, 15) is 9.59 Å². The Hall–Kier alpha value is -2.37. The van der Waals surface area contributed by atoms with E-state index in [0.717, 1.165) is 12.1 Å². The fourth-order valence-corrected chi connectivity index (χ4v) is 2.73. The van der Waals surface area contributed by atoms with Crippen LogP contribution in [0.4, 0.5) is 0 Å². The summed E-state index contributed by atoms with van der Waals surface area (Å²) in [6, 6.07) is 16.5. The normalized spacial score (nSPS) is 11.8. The van der Waals surface area contributed by atoms with Gasteiger partial charge in [0.15, 0.2) is 0 Å². The van der Waals surface area contributed by atoms with Crippen LogP contribution in [0.2, 0.25) is 5.02 Å². The van der Waals surface area contributed by atoms with Gasteiger partial charge in [0.05, 0.1) is 14.1 Å². The standard InChI is InChI=1S/C20H24ClN3O2/c1-24(2)14-18(15-6-4-3-5-7-15)23-19(25)12-13-22-20(26)16-8-10-17(21)11-9-16/h3-11,18H,12-14H2,1-2H3,(H,22,26)(H,23,25)/p+1/t18-/m1/s1. The summed E-state index contributed by atoms with van der Waals surface area (Å²) < 4.78 is 0. The Morgan fingerprint density at radius 3 is 2.31 bits per heavy atom. The highest BCUT2D eigenvalue weighted by atomic mass is 35.5. The zero-order valence-corrected chi connectivity index (χ0v) is 15.8. The summed E-state index contributed by atoms with van der Waals surface area (Å²) >= 11 is 5.81. The molecule has 0 aliphatic carbocycles. The van der Waals surface area contributed by atoms with Gasteiger partial charge in [-0.05, 0) is 29.8 Å². The van der Waals surface area contributed by atoms with Gasteiger partial charge in [-0.25, -0.2) is 0 Å². The number of amides is 2. The molecule has 0 aromatic heterocycles. The van der Waals surface area contributed by atoms with Crippen molar-refractivity contribution < 1.29 is 14.5 Å². The summed E-state index contributed by atoms with van der Waals surface area (Å²) in [6.45, 7) is 1.07. The van der Waals surface area contributed by atoms with Gasteiger partial charge in [-0.1, -0.05) is 41.9 Å². The summed E-state index contributed by atoms with van der Waals surface area (Å²) in [6.07, 6.45) is 0.228. The number of rotatable bonds is 8. The third-order valence-electron chi connectivity index (χ3n) is 3.89. The van der Waals surface area contributed by atoms with Gasteiger partial charge in [-0.3, -0.25) is 9.59 Å². The number of halogens is 1. The minimum absolute atomic E-state index is 0.0549. The zero-order chi connectivity index (χ0) is 18.9. The molecule has 5 nitrogen and oxygen atoms in total. The molecule has 0 aliphatic heterocycles. The first-order chi connectivity index (χ1) is 12.5. The van der Waals surface area contributed by atoms with Crippen LogP contribution >= 0.6 is 11.6 Å². The maximum absolute atomic E-state index is 12.3. The summed E-state index contributed by atoms with van der Waals surface area (Å²) in [7, 11) is 4.10. The van der Waals surface area contributed by atoms with Crippen LogP contribution in [0, 0.1) is 0 Å². The summed E-state index contributed by atoms with van der Waals surface area (Å²) in [4.78, 5) is 25.6. The minimum atomic E-state index is -0.216. The molecule has 0 radical (unpaired) electrons.